The van der Waals surface area contributed by atoms with Gasteiger partial charge in [-0.2, -0.15) is 4.72 Å². The highest BCUT2D eigenvalue weighted by Gasteiger charge is 2.23. The van der Waals surface area contributed by atoms with Gasteiger partial charge in [0.2, 0.25) is 15.9 Å². The zero-order valence-corrected chi connectivity index (χ0v) is 15.2. The monoisotopic (exact) mass is 384 g/mol. The lowest BCUT2D eigenvalue weighted by atomic mass is 10.1. The minimum Gasteiger partial charge on any atom is -0.348 e. The topological polar surface area (TPSA) is 75.3 Å². The fourth-order valence-corrected chi connectivity index (χ4v) is 3.47. The Hall–Kier alpha value is -1.96. The maximum Gasteiger partial charge on any atom is 0.241 e. The van der Waals surface area contributed by atoms with Crippen LogP contribution in [-0.2, 0) is 14.8 Å². The Kier molecular flexibility index (Phi) is 6.16. The number of hydrogen-bond donors (Lipinski definition) is 2. The third-order valence-electron chi connectivity index (χ3n) is 3.58. The Morgan fingerprint density at radius 3 is 2.16 bits per heavy atom. The Labute approximate surface area is 151 Å². The first-order valence-electron chi connectivity index (χ1n) is 7.53. The van der Waals surface area contributed by atoms with E-state index >= 15 is 0 Å². The molecule has 0 spiro atoms. The molecule has 8 heteroatoms. The zero-order valence-electron chi connectivity index (χ0n) is 13.7. The highest BCUT2D eigenvalue weighted by atomic mass is 35.5. The predicted octanol–water partition coefficient (Wildman–Crippen LogP) is 3.02. The number of nitrogens with one attached hydrogen (secondary N) is 2. The van der Waals surface area contributed by atoms with Crippen LogP contribution in [0.1, 0.15) is 25.5 Å². The van der Waals surface area contributed by atoms with Crippen molar-refractivity contribution in [3.63, 3.8) is 0 Å². The minimum absolute atomic E-state index is 0.112. The van der Waals surface area contributed by atoms with Crippen LogP contribution in [0.4, 0.5) is 4.39 Å². The molecule has 2 aromatic rings. The van der Waals surface area contributed by atoms with Crippen molar-refractivity contribution in [3.8, 4) is 0 Å². The molecule has 2 rings (SSSR count). The highest BCUT2D eigenvalue weighted by Crippen LogP contribution is 2.16. The summed E-state index contributed by atoms with van der Waals surface area (Å²) in [5, 5.41) is 3.32. The minimum atomic E-state index is -3.92. The van der Waals surface area contributed by atoms with E-state index in [0.717, 1.165) is 29.8 Å². The second-order valence-corrected chi connectivity index (χ2v) is 7.73. The first-order valence-corrected chi connectivity index (χ1v) is 9.39. The van der Waals surface area contributed by atoms with E-state index in [9.17, 15) is 17.6 Å². The Bertz CT molecular complexity index is 839. The molecule has 25 heavy (non-hydrogen) atoms. The molecule has 0 aliphatic rings. The Morgan fingerprint density at radius 1 is 1.04 bits per heavy atom. The molecule has 134 valence electrons. The van der Waals surface area contributed by atoms with Crippen molar-refractivity contribution >= 4 is 27.5 Å². The van der Waals surface area contributed by atoms with E-state index in [-0.39, 0.29) is 10.9 Å². The van der Waals surface area contributed by atoms with Gasteiger partial charge in [0, 0.05) is 5.02 Å². The molecule has 0 bridgehead atoms. The van der Waals surface area contributed by atoms with Crippen LogP contribution in [-0.4, -0.2) is 20.4 Å². The van der Waals surface area contributed by atoms with Crippen LogP contribution in [0, 0.1) is 5.82 Å². The lowest BCUT2D eigenvalue weighted by Gasteiger charge is -2.19. The van der Waals surface area contributed by atoms with Crippen LogP contribution in [0.25, 0.3) is 0 Å². The summed E-state index contributed by atoms with van der Waals surface area (Å²) in [4.78, 5) is 12.1. The summed E-state index contributed by atoms with van der Waals surface area (Å²) in [5.41, 5.74) is 0.839. The third-order valence-corrected chi connectivity index (χ3v) is 5.39. The quantitative estimate of drug-likeness (QED) is 0.803. The zero-order chi connectivity index (χ0) is 18.6. The Balaban J connectivity index is 2.01. The SMILES string of the molecule is C[C@@H](NS(=O)(=O)c1ccc(F)cc1)C(=O)N[C@H](C)c1ccc(Cl)cc1. The first-order chi connectivity index (χ1) is 11.7. The molecule has 0 radical (unpaired) electrons. The lowest BCUT2D eigenvalue weighted by Crippen LogP contribution is -2.45. The van der Waals surface area contributed by atoms with Crippen LogP contribution >= 0.6 is 11.6 Å². The second kappa shape index (κ2) is 7.95. The molecule has 2 atom stereocenters. The molecule has 5 nitrogen and oxygen atoms in total. The molecule has 0 heterocycles. The number of halogens is 2. The molecular weight excluding hydrogens is 367 g/mol. The van der Waals surface area contributed by atoms with Crippen LogP contribution in [0.15, 0.2) is 53.4 Å². The molecule has 0 unspecified atom stereocenters. The normalized spacial score (nSPS) is 13.9. The number of amides is 1. The molecule has 1 amide bonds. The van der Waals surface area contributed by atoms with Gasteiger partial charge in [0.05, 0.1) is 17.0 Å². The van der Waals surface area contributed by atoms with E-state index in [1.54, 1.807) is 31.2 Å². The number of benzene rings is 2. The molecule has 0 aromatic heterocycles. The fourth-order valence-electron chi connectivity index (χ4n) is 2.14. The van der Waals surface area contributed by atoms with E-state index in [4.69, 9.17) is 11.6 Å². The van der Waals surface area contributed by atoms with Crippen LogP contribution < -0.4 is 10.0 Å². The highest BCUT2D eigenvalue weighted by molar-refractivity contribution is 7.89. The third kappa shape index (κ3) is 5.26. The summed E-state index contributed by atoms with van der Waals surface area (Å²) < 4.78 is 39.6. The summed E-state index contributed by atoms with van der Waals surface area (Å²) in [7, 11) is -3.92. The lowest BCUT2D eigenvalue weighted by molar-refractivity contribution is -0.123. The van der Waals surface area contributed by atoms with Crippen LogP contribution in [0.2, 0.25) is 5.02 Å². The largest absolute Gasteiger partial charge is 0.348 e. The molecule has 0 saturated heterocycles. The number of carbonyl (C=O) groups is 1. The van der Waals surface area contributed by atoms with Gasteiger partial charge >= 0.3 is 0 Å². The second-order valence-electron chi connectivity index (χ2n) is 5.58. The summed E-state index contributed by atoms with van der Waals surface area (Å²) in [6.07, 6.45) is 0. The molecule has 0 fully saturated rings. The van der Waals surface area contributed by atoms with Crippen LogP contribution in [0.3, 0.4) is 0 Å². The van der Waals surface area contributed by atoms with Crippen molar-refractivity contribution in [2.45, 2.75) is 30.8 Å². The number of carbonyl (C=O) groups excluding carboxylic acids is 1. The molecular formula is C17H18ClFN2O3S. The smallest absolute Gasteiger partial charge is 0.241 e. The van der Waals surface area contributed by atoms with Gasteiger partial charge in [-0.15, -0.1) is 0 Å². The van der Waals surface area contributed by atoms with Gasteiger partial charge < -0.3 is 5.32 Å². The maximum atomic E-state index is 12.9. The number of hydrogen-bond acceptors (Lipinski definition) is 3. The number of rotatable bonds is 6. The fraction of sp³-hybridized carbons (Fsp3) is 0.235. The molecule has 0 aliphatic carbocycles. The standard InChI is InChI=1S/C17H18ClFN2O3S/c1-11(13-3-5-14(18)6-4-13)20-17(22)12(2)21-25(23,24)16-9-7-15(19)8-10-16/h3-12,21H,1-2H3,(H,20,22)/t11-,12-/m1/s1. The van der Waals surface area contributed by atoms with Gasteiger partial charge in [0.25, 0.3) is 0 Å². The van der Waals surface area contributed by atoms with Crippen molar-refractivity contribution in [3.05, 3.63) is 64.9 Å². The van der Waals surface area contributed by atoms with Crippen molar-refractivity contribution in [1.29, 1.82) is 0 Å². The van der Waals surface area contributed by atoms with E-state index < -0.39 is 27.8 Å². The van der Waals surface area contributed by atoms with E-state index in [1.807, 2.05) is 0 Å². The van der Waals surface area contributed by atoms with Gasteiger partial charge in [0.15, 0.2) is 0 Å². The molecule has 0 aliphatic heterocycles. The van der Waals surface area contributed by atoms with Crippen molar-refractivity contribution in [2.24, 2.45) is 0 Å². The van der Waals surface area contributed by atoms with Crippen molar-refractivity contribution in [1.82, 2.24) is 10.0 Å². The predicted molar refractivity (Wildman–Crippen MR) is 94.2 cm³/mol. The van der Waals surface area contributed by atoms with Gasteiger partial charge in [-0.3, -0.25) is 4.79 Å². The van der Waals surface area contributed by atoms with Crippen molar-refractivity contribution in [2.75, 3.05) is 0 Å². The average molecular weight is 385 g/mol. The van der Waals surface area contributed by atoms with E-state index in [0.29, 0.717) is 5.02 Å². The Morgan fingerprint density at radius 2 is 1.60 bits per heavy atom. The van der Waals surface area contributed by atoms with Gasteiger partial charge in [-0.05, 0) is 55.8 Å². The van der Waals surface area contributed by atoms with Gasteiger partial charge in [0.1, 0.15) is 5.82 Å². The summed E-state index contributed by atoms with van der Waals surface area (Å²) in [6.45, 7) is 3.22. The van der Waals surface area contributed by atoms with Gasteiger partial charge in [-0.25, -0.2) is 12.8 Å². The summed E-state index contributed by atoms with van der Waals surface area (Å²) in [5.74, 6) is -1.02. The molecule has 0 saturated carbocycles. The van der Waals surface area contributed by atoms with Crippen LogP contribution in [0.5, 0.6) is 0 Å². The van der Waals surface area contributed by atoms with Crippen molar-refractivity contribution < 1.29 is 17.6 Å². The molecule has 2 N–H and O–H groups in total. The summed E-state index contributed by atoms with van der Waals surface area (Å²) >= 11 is 5.83. The first kappa shape index (κ1) is 19.4. The van der Waals surface area contributed by atoms with E-state index in [1.165, 1.54) is 6.92 Å². The van der Waals surface area contributed by atoms with Gasteiger partial charge in [-0.1, -0.05) is 23.7 Å². The number of sulfonamides is 1. The summed E-state index contributed by atoms with van der Waals surface area (Å²) in [6, 6.07) is 10.0. The maximum absolute atomic E-state index is 12.9. The average Bonchev–Trinajstić information content (AvgIpc) is 2.55. The van der Waals surface area contributed by atoms with E-state index in [2.05, 4.69) is 10.0 Å². The molecule has 2 aromatic carbocycles.